The number of anilines is 1. The first kappa shape index (κ1) is 17.6. The van der Waals surface area contributed by atoms with Crippen molar-refractivity contribution in [3.8, 4) is 0 Å². The number of carbonyl (C=O) groups excluding carboxylic acids is 1. The lowest BCUT2D eigenvalue weighted by Crippen LogP contribution is -2.41. The van der Waals surface area contributed by atoms with Crippen molar-refractivity contribution in [1.82, 2.24) is 15.3 Å². The van der Waals surface area contributed by atoms with E-state index in [2.05, 4.69) is 20.6 Å². The van der Waals surface area contributed by atoms with Gasteiger partial charge in [0.05, 0.1) is 18.2 Å². The van der Waals surface area contributed by atoms with Crippen molar-refractivity contribution in [2.75, 3.05) is 11.9 Å². The molecule has 1 aromatic heterocycles. The fourth-order valence-electron chi connectivity index (χ4n) is 2.87. The maximum Gasteiger partial charge on any atom is 0.251 e. The lowest BCUT2D eigenvalue weighted by atomic mass is 9.93. The van der Waals surface area contributed by atoms with Crippen LogP contribution in [0.5, 0.6) is 0 Å². The molecule has 0 saturated heterocycles. The van der Waals surface area contributed by atoms with E-state index in [1.165, 1.54) is 6.42 Å². The average Bonchev–Trinajstić information content (AvgIpc) is 2.61. The Morgan fingerprint density at radius 3 is 2.84 bits per heavy atom. The number of carbonyl (C=O) groups is 1. The van der Waals surface area contributed by atoms with E-state index < -0.39 is 0 Å². The number of aromatic nitrogens is 2. The number of nitrogens with zero attached hydrogens (tertiary/aromatic N) is 2. The van der Waals surface area contributed by atoms with Crippen molar-refractivity contribution >= 4 is 22.8 Å². The molecule has 6 nitrogen and oxygen atoms in total. The largest absolute Gasteiger partial charge is 0.394 e. The molecule has 1 aliphatic rings. The molecule has 0 spiro atoms. The molecule has 1 fully saturated rings. The van der Waals surface area contributed by atoms with Crippen LogP contribution >= 0.6 is 0 Å². The third-order valence-corrected chi connectivity index (χ3v) is 5.13. The van der Waals surface area contributed by atoms with Crippen LogP contribution in [0.25, 0.3) is 10.9 Å². The van der Waals surface area contributed by atoms with E-state index in [0.29, 0.717) is 17.6 Å². The van der Waals surface area contributed by atoms with Gasteiger partial charge < -0.3 is 15.7 Å². The van der Waals surface area contributed by atoms with Gasteiger partial charge in [0.1, 0.15) is 0 Å². The summed E-state index contributed by atoms with van der Waals surface area (Å²) in [4.78, 5) is 21.4. The van der Waals surface area contributed by atoms with Gasteiger partial charge in [-0.05, 0) is 37.3 Å². The zero-order valence-electron chi connectivity index (χ0n) is 14.8. The maximum atomic E-state index is 12.5. The van der Waals surface area contributed by atoms with Gasteiger partial charge >= 0.3 is 0 Å². The highest BCUT2D eigenvalue weighted by atomic mass is 16.3. The van der Waals surface area contributed by atoms with Crippen molar-refractivity contribution in [1.29, 1.82) is 0 Å². The highest BCUT2D eigenvalue weighted by Crippen LogP contribution is 2.22. The second-order valence-corrected chi connectivity index (χ2v) is 6.89. The minimum Gasteiger partial charge on any atom is -0.394 e. The maximum absolute atomic E-state index is 12.5. The summed E-state index contributed by atoms with van der Waals surface area (Å²) < 4.78 is 0. The molecule has 0 bridgehead atoms. The summed E-state index contributed by atoms with van der Waals surface area (Å²) in [6.45, 7) is 4.00. The number of benzene rings is 1. The molecule has 1 amide bonds. The number of fused-ring (bicyclic) bond motifs is 1. The lowest BCUT2D eigenvalue weighted by molar-refractivity contribution is 0.0891. The quantitative estimate of drug-likeness (QED) is 0.720. The topological polar surface area (TPSA) is 87.1 Å². The van der Waals surface area contributed by atoms with E-state index >= 15 is 0 Å². The molecule has 2 aromatic rings. The Morgan fingerprint density at radius 2 is 2.20 bits per heavy atom. The minimum absolute atomic E-state index is 0.0635. The number of aliphatic hydroxyl groups is 1. The molecule has 134 valence electrons. The van der Waals surface area contributed by atoms with E-state index in [0.717, 1.165) is 30.2 Å². The van der Waals surface area contributed by atoms with Crippen LogP contribution in [-0.4, -0.2) is 39.7 Å². The molecule has 2 atom stereocenters. The monoisotopic (exact) mass is 342 g/mol. The number of nitrogens with one attached hydrogen (secondary N) is 2. The Balaban J connectivity index is 1.77. The first-order valence-electron chi connectivity index (χ1n) is 9.05. The normalized spacial score (nSPS) is 16.9. The molecule has 0 radical (unpaired) electrons. The van der Waals surface area contributed by atoms with Crippen molar-refractivity contribution in [2.45, 2.75) is 51.6 Å². The van der Waals surface area contributed by atoms with Gasteiger partial charge in [-0.25, -0.2) is 9.97 Å². The summed E-state index contributed by atoms with van der Waals surface area (Å²) in [6, 6.07) is 5.63. The number of hydrogen-bond acceptors (Lipinski definition) is 5. The third kappa shape index (κ3) is 4.07. The summed E-state index contributed by atoms with van der Waals surface area (Å²) in [7, 11) is 0. The Hall–Kier alpha value is -2.21. The van der Waals surface area contributed by atoms with Gasteiger partial charge in [-0.2, -0.15) is 0 Å². The van der Waals surface area contributed by atoms with Gasteiger partial charge in [-0.1, -0.05) is 26.3 Å². The molecular formula is C19H26N4O2. The summed E-state index contributed by atoms with van der Waals surface area (Å²) in [5.41, 5.74) is 1.29. The number of aliphatic hydroxyl groups excluding tert-OH is 1. The smallest absolute Gasteiger partial charge is 0.251 e. The predicted molar refractivity (Wildman–Crippen MR) is 98.6 cm³/mol. The minimum atomic E-state index is -0.241. The van der Waals surface area contributed by atoms with Crippen molar-refractivity contribution in [3.05, 3.63) is 30.0 Å². The fourth-order valence-corrected chi connectivity index (χ4v) is 2.87. The summed E-state index contributed by atoms with van der Waals surface area (Å²) in [5.74, 6) is 0.644. The standard InChI is InChI=1S/C19H26N4O2/c1-3-12(2)17(11-24)22-18(25)13-7-8-14-10-20-19(23-16(14)9-13)21-15-5-4-6-15/h7-10,12,15,17,24H,3-6,11H2,1-2H3,(H,22,25)(H,20,21,23)/t12-,17+/m0/s1. The Bertz CT molecular complexity index is 745. The zero-order chi connectivity index (χ0) is 17.8. The number of amides is 1. The molecule has 1 heterocycles. The molecule has 3 rings (SSSR count). The molecule has 1 aromatic carbocycles. The van der Waals surface area contributed by atoms with Gasteiger partial charge in [-0.3, -0.25) is 4.79 Å². The van der Waals surface area contributed by atoms with E-state index in [9.17, 15) is 9.90 Å². The summed E-state index contributed by atoms with van der Waals surface area (Å²) in [5, 5.41) is 16.6. The van der Waals surface area contributed by atoms with Gasteiger partial charge in [0.25, 0.3) is 5.91 Å². The molecule has 25 heavy (non-hydrogen) atoms. The fraction of sp³-hybridized carbons (Fsp3) is 0.526. The van der Waals surface area contributed by atoms with Crippen molar-refractivity contribution in [3.63, 3.8) is 0 Å². The van der Waals surface area contributed by atoms with Gasteiger partial charge in [0, 0.05) is 23.2 Å². The molecule has 0 aliphatic heterocycles. The summed E-state index contributed by atoms with van der Waals surface area (Å²) in [6.07, 6.45) is 6.23. The van der Waals surface area contributed by atoms with E-state index in [-0.39, 0.29) is 24.5 Å². The molecule has 0 unspecified atom stereocenters. The lowest BCUT2D eigenvalue weighted by Gasteiger charge is -2.26. The second-order valence-electron chi connectivity index (χ2n) is 6.89. The van der Waals surface area contributed by atoms with Crippen LogP contribution in [0.1, 0.15) is 49.9 Å². The van der Waals surface area contributed by atoms with Crippen LogP contribution in [-0.2, 0) is 0 Å². The van der Waals surface area contributed by atoms with Crippen LogP contribution in [0.2, 0.25) is 0 Å². The average molecular weight is 342 g/mol. The number of rotatable bonds is 7. The van der Waals surface area contributed by atoms with Gasteiger partial charge in [0.15, 0.2) is 0 Å². The molecule has 1 aliphatic carbocycles. The Kier molecular flexibility index (Phi) is 5.48. The van der Waals surface area contributed by atoms with E-state index in [1.807, 2.05) is 19.9 Å². The first-order chi connectivity index (χ1) is 12.1. The van der Waals surface area contributed by atoms with Gasteiger partial charge in [0.2, 0.25) is 5.95 Å². The first-order valence-corrected chi connectivity index (χ1v) is 9.05. The van der Waals surface area contributed by atoms with E-state index in [1.54, 1.807) is 18.3 Å². The zero-order valence-corrected chi connectivity index (χ0v) is 14.8. The molecule has 1 saturated carbocycles. The molecular weight excluding hydrogens is 316 g/mol. The predicted octanol–water partition coefficient (Wildman–Crippen LogP) is 2.73. The highest BCUT2D eigenvalue weighted by molar-refractivity contribution is 5.98. The van der Waals surface area contributed by atoms with Crippen LogP contribution < -0.4 is 10.6 Å². The Labute approximate surface area is 148 Å². The SMILES string of the molecule is CC[C@H](C)[C@@H](CO)NC(=O)c1ccc2cnc(NC3CCC3)nc2c1. The third-order valence-electron chi connectivity index (χ3n) is 5.13. The van der Waals surface area contributed by atoms with Gasteiger partial charge in [-0.15, -0.1) is 0 Å². The second kappa shape index (κ2) is 7.78. The molecule has 6 heteroatoms. The van der Waals surface area contributed by atoms with Crippen LogP contribution in [0.15, 0.2) is 24.4 Å². The highest BCUT2D eigenvalue weighted by Gasteiger charge is 2.19. The van der Waals surface area contributed by atoms with Crippen molar-refractivity contribution < 1.29 is 9.90 Å². The van der Waals surface area contributed by atoms with Crippen LogP contribution in [0.3, 0.4) is 0 Å². The number of hydrogen-bond donors (Lipinski definition) is 3. The van der Waals surface area contributed by atoms with Crippen molar-refractivity contribution in [2.24, 2.45) is 5.92 Å². The molecule has 3 N–H and O–H groups in total. The summed E-state index contributed by atoms with van der Waals surface area (Å²) >= 11 is 0. The van der Waals surface area contributed by atoms with Crippen LogP contribution in [0, 0.1) is 5.92 Å². The van der Waals surface area contributed by atoms with Crippen LogP contribution in [0.4, 0.5) is 5.95 Å². The van der Waals surface area contributed by atoms with E-state index in [4.69, 9.17) is 0 Å². The Morgan fingerprint density at radius 1 is 1.40 bits per heavy atom.